The van der Waals surface area contributed by atoms with Crippen molar-refractivity contribution in [3.63, 3.8) is 0 Å². The highest BCUT2D eigenvalue weighted by molar-refractivity contribution is 5.74. The summed E-state index contributed by atoms with van der Waals surface area (Å²) in [6.07, 6.45) is -0.424. The van der Waals surface area contributed by atoms with Gasteiger partial charge in [-0.1, -0.05) is 18.7 Å². The van der Waals surface area contributed by atoms with Crippen LogP contribution in [0.25, 0.3) is 16.8 Å². The number of alkyl halides is 1. The SMILES string of the molecule is C=C(N)c1cc(-c2ccc(C)cc2F)c2c(n1)O[C@H](COC(C)F)CC2. The molecule has 2 N–H and O–H groups in total. The number of fused-ring (bicyclic) bond motifs is 1. The highest BCUT2D eigenvalue weighted by Crippen LogP contribution is 2.37. The average molecular weight is 360 g/mol. The molecule has 0 amide bonds. The standard InChI is InChI=1S/C20H22F2N2O2/c1-11-4-6-15(18(22)8-11)17-9-19(12(2)23)24-20-16(17)7-5-14(26-20)10-25-13(3)21/h4,6,8-9,13-14H,2,5,7,10,23H2,1,3H3/t13?,14-/m0/s1. The maximum absolute atomic E-state index is 14.5. The smallest absolute Gasteiger partial charge is 0.218 e. The molecule has 0 saturated heterocycles. The number of hydrogen-bond acceptors (Lipinski definition) is 4. The largest absolute Gasteiger partial charge is 0.472 e. The summed E-state index contributed by atoms with van der Waals surface area (Å²) >= 11 is 0. The molecular formula is C20H22F2N2O2. The fourth-order valence-electron chi connectivity index (χ4n) is 3.01. The van der Waals surface area contributed by atoms with Gasteiger partial charge in [-0.15, -0.1) is 0 Å². The quantitative estimate of drug-likeness (QED) is 0.870. The zero-order chi connectivity index (χ0) is 18.8. The lowest BCUT2D eigenvalue weighted by Crippen LogP contribution is -2.30. The van der Waals surface area contributed by atoms with E-state index in [9.17, 15) is 8.78 Å². The summed E-state index contributed by atoms with van der Waals surface area (Å²) in [5, 5.41) is 0. The van der Waals surface area contributed by atoms with Crippen LogP contribution in [0.1, 0.15) is 30.2 Å². The van der Waals surface area contributed by atoms with Crippen molar-refractivity contribution in [1.82, 2.24) is 4.98 Å². The Morgan fingerprint density at radius 1 is 1.42 bits per heavy atom. The fourth-order valence-corrected chi connectivity index (χ4v) is 3.01. The second kappa shape index (κ2) is 7.41. The van der Waals surface area contributed by atoms with Crippen LogP contribution in [0.3, 0.4) is 0 Å². The highest BCUT2D eigenvalue weighted by Gasteiger charge is 2.26. The van der Waals surface area contributed by atoms with Crippen molar-refractivity contribution in [3.8, 4) is 17.0 Å². The van der Waals surface area contributed by atoms with Gasteiger partial charge in [0.25, 0.3) is 0 Å². The first-order chi connectivity index (χ1) is 12.3. The zero-order valence-electron chi connectivity index (χ0n) is 14.9. The van der Waals surface area contributed by atoms with Crippen LogP contribution in [0, 0.1) is 12.7 Å². The number of aromatic nitrogens is 1. The number of halogens is 2. The van der Waals surface area contributed by atoms with Crippen molar-refractivity contribution in [2.24, 2.45) is 5.73 Å². The third-order valence-electron chi connectivity index (χ3n) is 4.34. The van der Waals surface area contributed by atoms with E-state index in [0.29, 0.717) is 35.5 Å². The van der Waals surface area contributed by atoms with Crippen molar-refractivity contribution in [2.75, 3.05) is 6.61 Å². The molecule has 2 atom stereocenters. The van der Waals surface area contributed by atoms with Crippen LogP contribution in [-0.4, -0.2) is 24.1 Å². The van der Waals surface area contributed by atoms with E-state index in [-0.39, 0.29) is 24.2 Å². The van der Waals surface area contributed by atoms with Crippen molar-refractivity contribution in [3.05, 3.63) is 53.5 Å². The molecule has 6 heteroatoms. The molecule has 0 bridgehead atoms. The summed E-state index contributed by atoms with van der Waals surface area (Å²) in [5.41, 5.74) is 9.30. The van der Waals surface area contributed by atoms with Crippen molar-refractivity contribution in [2.45, 2.75) is 39.2 Å². The van der Waals surface area contributed by atoms with Gasteiger partial charge < -0.3 is 15.2 Å². The average Bonchev–Trinajstić information content (AvgIpc) is 2.58. The molecule has 1 aliphatic heterocycles. The maximum atomic E-state index is 14.5. The van der Waals surface area contributed by atoms with Gasteiger partial charge in [0.05, 0.1) is 18.0 Å². The Kier molecular flexibility index (Phi) is 5.23. The topological polar surface area (TPSA) is 57.4 Å². The van der Waals surface area contributed by atoms with Gasteiger partial charge in [0.15, 0.2) is 6.36 Å². The maximum Gasteiger partial charge on any atom is 0.218 e. The van der Waals surface area contributed by atoms with E-state index in [1.165, 1.54) is 13.0 Å². The summed E-state index contributed by atoms with van der Waals surface area (Å²) < 4.78 is 38.3. The van der Waals surface area contributed by atoms with Crippen molar-refractivity contribution >= 4 is 5.70 Å². The number of nitrogens with two attached hydrogens (primary N) is 1. The minimum absolute atomic E-state index is 0.126. The number of ether oxygens (including phenoxy) is 2. The van der Waals surface area contributed by atoms with E-state index in [2.05, 4.69) is 11.6 Å². The summed E-state index contributed by atoms with van der Waals surface area (Å²) in [7, 11) is 0. The molecular weight excluding hydrogens is 338 g/mol. The van der Waals surface area contributed by atoms with Crippen LogP contribution in [0.4, 0.5) is 8.78 Å². The Morgan fingerprint density at radius 2 is 2.19 bits per heavy atom. The molecule has 1 aliphatic rings. The zero-order valence-corrected chi connectivity index (χ0v) is 14.9. The van der Waals surface area contributed by atoms with Gasteiger partial charge in [-0.3, -0.25) is 0 Å². The summed E-state index contributed by atoms with van der Waals surface area (Å²) in [6, 6.07) is 6.81. The molecule has 4 nitrogen and oxygen atoms in total. The summed E-state index contributed by atoms with van der Waals surface area (Å²) in [5.74, 6) is 0.0548. The molecule has 3 rings (SSSR count). The monoisotopic (exact) mass is 360 g/mol. The Morgan fingerprint density at radius 3 is 2.85 bits per heavy atom. The number of benzene rings is 1. The van der Waals surface area contributed by atoms with Gasteiger partial charge in [-0.05, 0) is 49.9 Å². The Balaban J connectivity index is 2.02. The highest BCUT2D eigenvalue weighted by atomic mass is 19.1. The van der Waals surface area contributed by atoms with Gasteiger partial charge in [0.1, 0.15) is 11.9 Å². The number of aryl methyl sites for hydroxylation is 1. The van der Waals surface area contributed by atoms with E-state index in [4.69, 9.17) is 15.2 Å². The van der Waals surface area contributed by atoms with E-state index in [1.54, 1.807) is 12.1 Å². The van der Waals surface area contributed by atoms with Crippen LogP contribution in [-0.2, 0) is 11.2 Å². The second-order valence-electron chi connectivity index (χ2n) is 6.50. The molecule has 2 heterocycles. The predicted molar refractivity (Wildman–Crippen MR) is 96.8 cm³/mol. The lowest BCUT2D eigenvalue weighted by Gasteiger charge is -2.27. The van der Waals surface area contributed by atoms with Gasteiger partial charge in [-0.25, -0.2) is 13.8 Å². The molecule has 0 saturated carbocycles. The number of rotatable bonds is 5. The fraction of sp³-hybridized carbons (Fsp3) is 0.350. The second-order valence-corrected chi connectivity index (χ2v) is 6.50. The van der Waals surface area contributed by atoms with E-state index < -0.39 is 6.36 Å². The molecule has 138 valence electrons. The minimum atomic E-state index is -1.36. The van der Waals surface area contributed by atoms with Crippen molar-refractivity contribution in [1.29, 1.82) is 0 Å². The molecule has 0 spiro atoms. The van der Waals surface area contributed by atoms with Crippen molar-refractivity contribution < 1.29 is 18.3 Å². The minimum Gasteiger partial charge on any atom is -0.472 e. The third-order valence-corrected chi connectivity index (χ3v) is 4.34. The predicted octanol–water partition coefficient (Wildman–Crippen LogP) is 4.15. The molecule has 0 radical (unpaired) electrons. The number of pyridine rings is 1. The Bertz CT molecular complexity index is 837. The van der Waals surface area contributed by atoms with E-state index >= 15 is 0 Å². The number of hydrogen-bond donors (Lipinski definition) is 1. The first-order valence-corrected chi connectivity index (χ1v) is 8.52. The molecule has 2 aromatic rings. The molecule has 26 heavy (non-hydrogen) atoms. The molecule has 0 aliphatic carbocycles. The molecule has 1 aromatic heterocycles. The van der Waals surface area contributed by atoms with E-state index in [1.807, 2.05) is 13.0 Å². The molecule has 1 unspecified atom stereocenters. The normalized spacial score (nSPS) is 17.3. The summed E-state index contributed by atoms with van der Waals surface area (Å²) in [4.78, 5) is 4.40. The summed E-state index contributed by atoms with van der Waals surface area (Å²) in [6.45, 7) is 7.00. The number of nitrogens with zero attached hydrogens (tertiary/aromatic N) is 1. The van der Waals surface area contributed by atoms with Gasteiger partial charge in [0.2, 0.25) is 5.88 Å². The van der Waals surface area contributed by atoms with Crippen LogP contribution < -0.4 is 10.5 Å². The van der Waals surface area contributed by atoms with E-state index in [0.717, 1.165) is 11.1 Å². The van der Waals surface area contributed by atoms with Gasteiger partial charge in [0, 0.05) is 11.1 Å². The molecule has 1 aromatic carbocycles. The first-order valence-electron chi connectivity index (χ1n) is 8.52. The van der Waals surface area contributed by atoms with Crippen LogP contribution in [0.5, 0.6) is 5.88 Å². The van der Waals surface area contributed by atoms with Gasteiger partial charge >= 0.3 is 0 Å². The van der Waals surface area contributed by atoms with Crippen LogP contribution >= 0.6 is 0 Å². The van der Waals surface area contributed by atoms with Gasteiger partial charge in [-0.2, -0.15) is 0 Å². The van der Waals surface area contributed by atoms with Crippen LogP contribution in [0.2, 0.25) is 0 Å². The first kappa shape index (κ1) is 18.3. The lowest BCUT2D eigenvalue weighted by atomic mass is 9.93. The Hall–Kier alpha value is -2.47. The Labute approximate surface area is 151 Å². The van der Waals surface area contributed by atoms with Crippen LogP contribution in [0.15, 0.2) is 30.8 Å². The lowest BCUT2D eigenvalue weighted by molar-refractivity contribution is -0.0603. The third kappa shape index (κ3) is 3.85. The molecule has 0 fully saturated rings.